The van der Waals surface area contributed by atoms with Crippen LogP contribution in [0.4, 0.5) is 0 Å². The van der Waals surface area contributed by atoms with Gasteiger partial charge in [0.2, 0.25) is 0 Å². The molecule has 0 amide bonds. The number of hydrogen-bond donors (Lipinski definition) is 2. The number of halogens is 1. The van der Waals surface area contributed by atoms with Crippen molar-refractivity contribution in [2.24, 2.45) is 5.92 Å². The van der Waals surface area contributed by atoms with Crippen molar-refractivity contribution in [3.8, 4) is 0 Å². The molecule has 0 aromatic heterocycles. The van der Waals surface area contributed by atoms with Gasteiger partial charge in [0.05, 0.1) is 6.10 Å². The zero-order valence-electron chi connectivity index (χ0n) is 11.8. The molecular weight excluding hydrogens is 258 g/mol. The number of hydrogen-bond acceptors (Lipinski definition) is 2. The van der Waals surface area contributed by atoms with Crippen LogP contribution < -0.4 is 5.32 Å². The highest BCUT2D eigenvalue weighted by Crippen LogP contribution is 2.27. The summed E-state index contributed by atoms with van der Waals surface area (Å²) in [5.74, 6) is 0.535. The molecule has 0 heterocycles. The Hall–Kier alpha value is -0.570. The molecule has 0 radical (unpaired) electrons. The van der Waals surface area contributed by atoms with Crippen molar-refractivity contribution < 1.29 is 5.11 Å². The third-order valence-corrected chi connectivity index (χ3v) is 4.26. The van der Waals surface area contributed by atoms with Gasteiger partial charge in [-0.15, -0.1) is 0 Å². The van der Waals surface area contributed by atoms with Gasteiger partial charge < -0.3 is 10.4 Å². The van der Waals surface area contributed by atoms with Crippen molar-refractivity contribution in [3.05, 3.63) is 34.9 Å². The summed E-state index contributed by atoms with van der Waals surface area (Å²) in [6, 6.07) is 9.01. The van der Waals surface area contributed by atoms with E-state index in [9.17, 15) is 5.11 Å². The van der Waals surface area contributed by atoms with Gasteiger partial charge in [0.15, 0.2) is 0 Å². The number of rotatable bonds is 4. The van der Waals surface area contributed by atoms with Crippen LogP contribution in [0.2, 0.25) is 5.02 Å². The Balaban J connectivity index is 2.02. The van der Waals surface area contributed by atoms with Gasteiger partial charge >= 0.3 is 0 Å². The Bertz CT molecular complexity index is 382. The van der Waals surface area contributed by atoms with Crippen molar-refractivity contribution in [1.82, 2.24) is 5.32 Å². The molecule has 0 spiro atoms. The Labute approximate surface area is 121 Å². The van der Waals surface area contributed by atoms with E-state index >= 15 is 0 Å². The van der Waals surface area contributed by atoms with Crippen molar-refractivity contribution >= 4 is 11.6 Å². The minimum atomic E-state index is -0.0916. The molecule has 1 saturated carbocycles. The smallest absolute Gasteiger partial charge is 0.0541 e. The Morgan fingerprint density at radius 2 is 1.68 bits per heavy atom. The lowest BCUT2D eigenvalue weighted by Crippen LogP contribution is -2.38. The zero-order chi connectivity index (χ0) is 13.8. The minimum Gasteiger partial charge on any atom is -0.393 e. The van der Waals surface area contributed by atoms with E-state index in [-0.39, 0.29) is 6.10 Å². The maximum absolute atomic E-state index is 9.58. The summed E-state index contributed by atoms with van der Waals surface area (Å²) in [6.45, 7) is 4.48. The van der Waals surface area contributed by atoms with Crippen LogP contribution in [0.25, 0.3) is 0 Å². The molecule has 19 heavy (non-hydrogen) atoms. The summed E-state index contributed by atoms with van der Waals surface area (Å²) in [5.41, 5.74) is 1.30. The monoisotopic (exact) mass is 281 g/mol. The van der Waals surface area contributed by atoms with Gasteiger partial charge in [0.25, 0.3) is 0 Å². The number of aliphatic hydroxyl groups is 1. The lowest BCUT2D eigenvalue weighted by Gasteiger charge is -2.32. The van der Waals surface area contributed by atoms with Crippen molar-refractivity contribution in [2.45, 2.75) is 57.7 Å². The zero-order valence-corrected chi connectivity index (χ0v) is 12.5. The van der Waals surface area contributed by atoms with Gasteiger partial charge in [-0.3, -0.25) is 0 Å². The summed E-state index contributed by atoms with van der Waals surface area (Å²) in [4.78, 5) is 0. The lowest BCUT2D eigenvalue weighted by atomic mass is 9.89. The Morgan fingerprint density at radius 1 is 1.11 bits per heavy atom. The fourth-order valence-electron chi connectivity index (χ4n) is 2.84. The first-order chi connectivity index (χ1) is 9.06. The lowest BCUT2D eigenvalue weighted by molar-refractivity contribution is 0.112. The maximum Gasteiger partial charge on any atom is 0.0541 e. The normalized spacial score (nSPS) is 25.5. The molecule has 0 bridgehead atoms. The first kappa shape index (κ1) is 14.8. The molecule has 1 aromatic carbocycles. The van der Waals surface area contributed by atoms with E-state index in [0.717, 1.165) is 30.7 Å². The molecule has 3 heteroatoms. The van der Waals surface area contributed by atoms with Crippen molar-refractivity contribution in [2.75, 3.05) is 0 Å². The molecule has 0 saturated heterocycles. The SMILES string of the molecule is CC(C)C(NC1CCC(O)CC1)c1ccc(Cl)cc1. The number of benzene rings is 1. The molecule has 1 aromatic rings. The van der Waals surface area contributed by atoms with Crippen LogP contribution in [0, 0.1) is 5.92 Å². The van der Waals surface area contributed by atoms with Gasteiger partial charge in [0, 0.05) is 17.1 Å². The van der Waals surface area contributed by atoms with Crippen LogP contribution in [-0.2, 0) is 0 Å². The molecule has 1 aliphatic rings. The molecule has 2 nitrogen and oxygen atoms in total. The quantitative estimate of drug-likeness (QED) is 0.876. The summed E-state index contributed by atoms with van der Waals surface area (Å²) < 4.78 is 0. The van der Waals surface area contributed by atoms with Crippen molar-refractivity contribution in [1.29, 1.82) is 0 Å². The largest absolute Gasteiger partial charge is 0.393 e. The molecule has 1 aliphatic carbocycles. The number of nitrogens with one attached hydrogen (secondary N) is 1. The summed E-state index contributed by atoms with van der Waals surface area (Å²) in [6.07, 6.45) is 3.88. The molecule has 2 rings (SSSR count). The van der Waals surface area contributed by atoms with Crippen LogP contribution in [0.5, 0.6) is 0 Å². The van der Waals surface area contributed by atoms with E-state index in [1.807, 2.05) is 12.1 Å². The van der Waals surface area contributed by atoms with Crippen LogP contribution in [0.3, 0.4) is 0 Å². The highest BCUT2D eigenvalue weighted by atomic mass is 35.5. The topological polar surface area (TPSA) is 32.3 Å². The van der Waals surface area contributed by atoms with E-state index in [4.69, 9.17) is 11.6 Å². The van der Waals surface area contributed by atoms with Gasteiger partial charge in [-0.05, 0) is 49.3 Å². The molecule has 2 N–H and O–H groups in total. The second kappa shape index (κ2) is 6.74. The fraction of sp³-hybridized carbons (Fsp3) is 0.625. The standard InChI is InChI=1S/C16H24ClNO/c1-11(2)16(12-3-5-13(17)6-4-12)18-14-7-9-15(19)10-8-14/h3-6,11,14-16,18-19H,7-10H2,1-2H3. The van der Waals surface area contributed by atoms with Crippen LogP contribution in [0.1, 0.15) is 51.1 Å². The van der Waals surface area contributed by atoms with Gasteiger partial charge in [-0.25, -0.2) is 0 Å². The van der Waals surface area contributed by atoms with E-state index in [1.54, 1.807) is 0 Å². The second-order valence-electron chi connectivity index (χ2n) is 5.95. The fourth-order valence-corrected chi connectivity index (χ4v) is 2.97. The van der Waals surface area contributed by atoms with Gasteiger partial charge in [-0.2, -0.15) is 0 Å². The average molecular weight is 282 g/mol. The predicted molar refractivity (Wildman–Crippen MR) is 80.4 cm³/mol. The van der Waals surface area contributed by atoms with Crippen LogP contribution in [0.15, 0.2) is 24.3 Å². The first-order valence-electron chi connectivity index (χ1n) is 7.26. The maximum atomic E-state index is 9.58. The van der Waals surface area contributed by atoms with Crippen molar-refractivity contribution in [3.63, 3.8) is 0 Å². The van der Waals surface area contributed by atoms with Gasteiger partial charge in [0.1, 0.15) is 0 Å². The summed E-state index contributed by atoms with van der Waals surface area (Å²) >= 11 is 5.96. The van der Waals surface area contributed by atoms with E-state index < -0.39 is 0 Å². The molecular formula is C16H24ClNO. The number of aliphatic hydroxyl groups excluding tert-OH is 1. The summed E-state index contributed by atoms with van der Waals surface area (Å²) in [5, 5.41) is 14.1. The highest BCUT2D eigenvalue weighted by Gasteiger charge is 2.24. The van der Waals surface area contributed by atoms with E-state index in [1.165, 1.54) is 5.56 Å². The Kier molecular flexibility index (Phi) is 5.26. The van der Waals surface area contributed by atoms with E-state index in [2.05, 4.69) is 31.3 Å². The molecule has 0 aliphatic heterocycles. The molecule has 1 fully saturated rings. The third kappa shape index (κ3) is 4.20. The van der Waals surface area contributed by atoms with Gasteiger partial charge in [-0.1, -0.05) is 37.6 Å². The predicted octanol–water partition coefficient (Wildman–Crippen LogP) is 3.93. The minimum absolute atomic E-state index is 0.0916. The second-order valence-corrected chi connectivity index (χ2v) is 6.38. The molecule has 1 unspecified atom stereocenters. The van der Waals surface area contributed by atoms with E-state index in [0.29, 0.717) is 18.0 Å². The summed E-state index contributed by atoms with van der Waals surface area (Å²) in [7, 11) is 0. The first-order valence-corrected chi connectivity index (χ1v) is 7.63. The highest BCUT2D eigenvalue weighted by molar-refractivity contribution is 6.30. The van der Waals surface area contributed by atoms with Crippen LogP contribution >= 0.6 is 11.6 Å². The molecule has 106 valence electrons. The van der Waals surface area contributed by atoms with Crippen LogP contribution in [-0.4, -0.2) is 17.3 Å². The average Bonchev–Trinajstić information content (AvgIpc) is 2.39. The Morgan fingerprint density at radius 3 is 2.21 bits per heavy atom. The molecule has 1 atom stereocenters. The third-order valence-electron chi connectivity index (χ3n) is 4.01.